The smallest absolute Gasteiger partial charge is 0.155 e. The van der Waals surface area contributed by atoms with Crippen LogP contribution < -0.4 is 20.2 Å². The van der Waals surface area contributed by atoms with E-state index in [4.69, 9.17) is 9.73 Å². The van der Waals surface area contributed by atoms with Crippen molar-refractivity contribution in [2.45, 2.75) is 39.5 Å². The molecule has 1 aliphatic heterocycles. The molecule has 0 aromatic heterocycles. The molecule has 30 heavy (non-hydrogen) atoms. The lowest BCUT2D eigenvalue weighted by molar-refractivity contribution is 0.469. The predicted molar refractivity (Wildman–Crippen MR) is 125 cm³/mol. The standard InChI is InChI=1S/C27H30N2O/c1-3-5-16-29(17-6-4-2)23-13-15-25-27(20-23)30-26-19-22(12-14-24(26)28-25)18-21-10-8-7-9-11-21/h7-15,18-20H,3-6,16-17H2,1-2H3/b22-18+. The topological polar surface area (TPSA) is 24.8 Å². The number of fused-ring (bicyclic) bond motifs is 2. The molecule has 0 atom stereocenters. The van der Waals surface area contributed by atoms with Gasteiger partial charge in [-0.25, -0.2) is 4.99 Å². The Morgan fingerprint density at radius 2 is 1.60 bits per heavy atom. The van der Waals surface area contributed by atoms with Gasteiger partial charge in [0.2, 0.25) is 0 Å². The molecule has 0 radical (unpaired) electrons. The van der Waals surface area contributed by atoms with Gasteiger partial charge in [-0.3, -0.25) is 0 Å². The predicted octanol–water partition coefficient (Wildman–Crippen LogP) is 5.98. The summed E-state index contributed by atoms with van der Waals surface area (Å²) in [4.78, 5) is 7.30. The van der Waals surface area contributed by atoms with E-state index < -0.39 is 0 Å². The lowest BCUT2D eigenvalue weighted by atomic mass is 10.1. The van der Waals surface area contributed by atoms with E-state index in [1.54, 1.807) is 0 Å². The van der Waals surface area contributed by atoms with Crippen molar-refractivity contribution in [3.63, 3.8) is 0 Å². The van der Waals surface area contributed by atoms with Crippen LogP contribution in [0, 0.1) is 0 Å². The fraction of sp³-hybridized carbons (Fsp3) is 0.296. The van der Waals surface area contributed by atoms with Gasteiger partial charge in [0.15, 0.2) is 11.5 Å². The van der Waals surface area contributed by atoms with Crippen molar-refractivity contribution in [2.75, 3.05) is 18.0 Å². The maximum absolute atomic E-state index is 6.32. The zero-order valence-electron chi connectivity index (χ0n) is 18.0. The lowest BCUT2D eigenvalue weighted by Gasteiger charge is -2.26. The highest BCUT2D eigenvalue weighted by molar-refractivity contribution is 5.64. The van der Waals surface area contributed by atoms with Crippen molar-refractivity contribution < 1.29 is 4.74 Å². The molecule has 0 bridgehead atoms. The molecule has 1 aliphatic rings. The fourth-order valence-corrected chi connectivity index (χ4v) is 3.73. The monoisotopic (exact) mass is 398 g/mol. The number of hydrogen-bond donors (Lipinski definition) is 0. The summed E-state index contributed by atoms with van der Waals surface area (Å²) >= 11 is 0. The third-order valence-electron chi connectivity index (χ3n) is 5.45. The second kappa shape index (κ2) is 9.62. The molecule has 3 aromatic carbocycles. The highest BCUT2D eigenvalue weighted by Crippen LogP contribution is 2.36. The van der Waals surface area contributed by atoms with E-state index in [9.17, 15) is 0 Å². The Bertz CT molecular complexity index is 1100. The first-order chi connectivity index (χ1) is 14.8. The molecule has 154 valence electrons. The minimum atomic E-state index is 0.818. The summed E-state index contributed by atoms with van der Waals surface area (Å²) < 4.78 is 6.32. The van der Waals surface area contributed by atoms with E-state index in [-0.39, 0.29) is 0 Å². The van der Waals surface area contributed by atoms with Crippen molar-refractivity contribution in [2.24, 2.45) is 4.99 Å². The lowest BCUT2D eigenvalue weighted by Crippen LogP contribution is -2.25. The number of unbranched alkanes of at least 4 members (excludes halogenated alkanes) is 2. The van der Waals surface area contributed by atoms with Gasteiger partial charge in [0, 0.05) is 24.8 Å². The third-order valence-corrected chi connectivity index (χ3v) is 5.45. The number of hydrogen-bond acceptors (Lipinski definition) is 3. The Kier molecular flexibility index (Phi) is 6.48. The zero-order chi connectivity index (χ0) is 20.8. The number of ether oxygens (including phenoxy) is 1. The van der Waals surface area contributed by atoms with Gasteiger partial charge >= 0.3 is 0 Å². The Morgan fingerprint density at radius 3 is 2.33 bits per heavy atom. The van der Waals surface area contributed by atoms with Crippen molar-refractivity contribution in [1.29, 1.82) is 0 Å². The van der Waals surface area contributed by atoms with Crippen LogP contribution in [0.2, 0.25) is 0 Å². The highest BCUT2D eigenvalue weighted by atomic mass is 16.5. The molecule has 3 heteroatoms. The molecule has 0 unspecified atom stereocenters. The highest BCUT2D eigenvalue weighted by Gasteiger charge is 2.15. The van der Waals surface area contributed by atoms with Gasteiger partial charge in [0.1, 0.15) is 11.0 Å². The van der Waals surface area contributed by atoms with Crippen molar-refractivity contribution in [3.8, 4) is 11.5 Å². The molecule has 0 amide bonds. The Labute approximate surface area is 179 Å². The molecule has 0 aliphatic carbocycles. The summed E-state index contributed by atoms with van der Waals surface area (Å²) in [6, 6.07) is 23.0. The van der Waals surface area contributed by atoms with Gasteiger partial charge in [0.05, 0.1) is 0 Å². The second-order valence-corrected chi connectivity index (χ2v) is 7.84. The maximum Gasteiger partial charge on any atom is 0.155 e. The summed E-state index contributed by atoms with van der Waals surface area (Å²) in [5.74, 6) is 1.66. The molecule has 3 aromatic rings. The van der Waals surface area contributed by atoms with Gasteiger partial charge in [-0.05, 0) is 54.0 Å². The fourth-order valence-electron chi connectivity index (χ4n) is 3.73. The molecule has 0 saturated carbocycles. The van der Waals surface area contributed by atoms with E-state index in [2.05, 4.69) is 79.4 Å². The Morgan fingerprint density at radius 1 is 0.833 bits per heavy atom. The first-order valence-electron chi connectivity index (χ1n) is 11.1. The van der Waals surface area contributed by atoms with Crippen molar-refractivity contribution in [1.82, 2.24) is 0 Å². The van der Waals surface area contributed by atoms with Crippen molar-refractivity contribution in [3.05, 3.63) is 82.9 Å². The van der Waals surface area contributed by atoms with Crippen LogP contribution in [0.4, 0.5) is 11.4 Å². The van der Waals surface area contributed by atoms with Gasteiger partial charge in [-0.1, -0.05) is 63.1 Å². The minimum absolute atomic E-state index is 0.818. The molecular weight excluding hydrogens is 368 g/mol. The molecule has 4 rings (SSSR count). The van der Waals surface area contributed by atoms with Gasteiger partial charge < -0.3 is 9.64 Å². The van der Waals surface area contributed by atoms with Crippen LogP contribution in [0.25, 0.3) is 6.08 Å². The number of rotatable bonds is 8. The number of benzene rings is 3. The average Bonchev–Trinajstić information content (AvgIpc) is 2.78. The summed E-state index contributed by atoms with van der Waals surface area (Å²) in [5, 5.41) is 2.00. The van der Waals surface area contributed by atoms with Crippen LogP contribution in [0.3, 0.4) is 0 Å². The van der Waals surface area contributed by atoms with Crippen LogP contribution in [-0.4, -0.2) is 13.1 Å². The first kappa shape index (κ1) is 20.2. The quantitative estimate of drug-likeness (QED) is 0.365. The van der Waals surface area contributed by atoms with E-state index in [0.29, 0.717) is 0 Å². The van der Waals surface area contributed by atoms with E-state index in [1.165, 1.54) is 36.9 Å². The van der Waals surface area contributed by atoms with Crippen molar-refractivity contribution >= 4 is 17.5 Å². The van der Waals surface area contributed by atoms with E-state index in [1.807, 2.05) is 12.1 Å². The minimum Gasteiger partial charge on any atom is -0.453 e. The van der Waals surface area contributed by atoms with Gasteiger partial charge in [-0.2, -0.15) is 0 Å². The molecular formula is C27H30N2O. The van der Waals surface area contributed by atoms with Gasteiger partial charge in [-0.15, -0.1) is 0 Å². The average molecular weight is 399 g/mol. The summed E-state index contributed by atoms with van der Waals surface area (Å²) in [6.45, 7) is 6.65. The van der Waals surface area contributed by atoms with E-state index >= 15 is 0 Å². The first-order valence-corrected chi connectivity index (χ1v) is 11.1. The molecule has 0 saturated heterocycles. The van der Waals surface area contributed by atoms with Gasteiger partial charge in [0.25, 0.3) is 0 Å². The maximum atomic E-state index is 6.32. The van der Waals surface area contributed by atoms with Crippen LogP contribution in [0.1, 0.15) is 45.1 Å². The molecule has 0 fully saturated rings. The third kappa shape index (κ3) is 4.73. The zero-order valence-corrected chi connectivity index (χ0v) is 18.0. The summed E-state index contributed by atoms with van der Waals surface area (Å²) in [7, 11) is 0. The molecule has 0 N–H and O–H groups in total. The molecule has 3 nitrogen and oxygen atoms in total. The summed E-state index contributed by atoms with van der Waals surface area (Å²) in [5.41, 5.74) is 3.30. The summed E-state index contributed by atoms with van der Waals surface area (Å²) in [6.07, 6.45) is 6.97. The molecule has 1 heterocycles. The van der Waals surface area contributed by atoms with Crippen LogP contribution >= 0.6 is 0 Å². The molecule has 0 spiro atoms. The SMILES string of the molecule is CCCCN(CCCC)c1ccc2c(c1)Oc1c/c(=C/c3ccccc3)ccc1=N2. The second-order valence-electron chi connectivity index (χ2n) is 7.84. The van der Waals surface area contributed by atoms with Crippen LogP contribution in [0.5, 0.6) is 11.5 Å². The largest absolute Gasteiger partial charge is 0.453 e. The number of anilines is 1. The Balaban J connectivity index is 1.64. The normalized spacial score (nSPS) is 12.5. The van der Waals surface area contributed by atoms with Crippen LogP contribution in [-0.2, 0) is 0 Å². The van der Waals surface area contributed by atoms with Crippen LogP contribution in [0.15, 0.2) is 71.7 Å². The Hall–Kier alpha value is -3.07. The van der Waals surface area contributed by atoms with E-state index in [0.717, 1.165) is 40.9 Å². The number of nitrogens with zero attached hydrogens (tertiary/aromatic N) is 2.